The van der Waals surface area contributed by atoms with Crippen LogP contribution in [0.2, 0.25) is 0 Å². The van der Waals surface area contributed by atoms with Crippen LogP contribution in [0.25, 0.3) is 99.5 Å². The van der Waals surface area contributed by atoms with Gasteiger partial charge < -0.3 is 37.2 Å². The molecular weight excluding hydrogens is 1830 g/mol. The number of aliphatic imine (C=N–C) groups is 1. The topological polar surface area (TPSA) is 106 Å². The van der Waals surface area contributed by atoms with Crippen LogP contribution >= 0.6 is 31.9 Å². The molecule has 0 spiro atoms. The van der Waals surface area contributed by atoms with E-state index in [9.17, 15) is 0 Å². The van der Waals surface area contributed by atoms with Crippen molar-refractivity contribution in [2.75, 3.05) is 6.54 Å². The average molecular weight is 1980 g/mol. The van der Waals surface area contributed by atoms with Crippen molar-refractivity contribution in [3.8, 4) is 44.9 Å². The van der Waals surface area contributed by atoms with E-state index in [0.29, 0.717) is 0 Å². The molecule has 6 aliphatic rings. The van der Waals surface area contributed by atoms with Gasteiger partial charge in [-0.3, -0.25) is 15.0 Å². The predicted molar refractivity (Wildman–Crippen MR) is 593 cm³/mol. The van der Waals surface area contributed by atoms with E-state index in [1.54, 1.807) is 11.1 Å². The highest BCUT2D eigenvalue weighted by molar-refractivity contribution is 9.10. The second-order valence-corrected chi connectivity index (χ2v) is 44.6. The second-order valence-electron chi connectivity index (χ2n) is 42.7. The van der Waals surface area contributed by atoms with Crippen molar-refractivity contribution in [1.29, 1.82) is 0 Å². The van der Waals surface area contributed by atoms with Crippen LogP contribution < -0.4 is 10.9 Å². The maximum atomic E-state index is 6.55. The van der Waals surface area contributed by atoms with Crippen molar-refractivity contribution in [3.63, 3.8) is 0 Å². The standard InChI is InChI=1S/C56H64N4.C37H56B2O4.C30H26Br2N4/c1-5-7-9-15-31-56(32-16-10-8-6-2)48-37-41(4)23-27-44(48)45-28-25-43(39-49(45)56)42-26-30-53-47(38-42)46-36-40(3)24-29-52(46)59(53)34-18-11-19-35-60-54-22-13-12-20-50(54)58-55(60)51-21-14-17-33-57-51;1-11-13-15-17-23-37(24-18-16-14-12-2)31-25-27(38-40-33(3,4)34(5,6)41-38)19-21-29(31)30-22-20-28(26-32(30)37)39-42-35(7,8)36(9,10)43-39;31-21-12-14-27-23(19-21)24-20-22(32)13-15-28(24)35(27)17-7-1-2-8-18-36-29-11-4-3-9-25(29)34-30(36)26-10-5-6-16-33-26/h12-14,17,21-30,33,36-39,50H,5-11,15-16,18-20,31-32,34-35H2,1-4H3;19-22,25-26H,11-18,23-24H2,1-10H3;3-6,9-16,19-20H,1-2,7-8,17-18H2. The van der Waals surface area contributed by atoms with Gasteiger partial charge in [0.25, 0.3) is 0 Å². The van der Waals surface area contributed by atoms with Crippen LogP contribution in [0.3, 0.4) is 0 Å². The summed E-state index contributed by atoms with van der Waals surface area (Å²) in [6.07, 6.45) is 44.7. The highest BCUT2D eigenvalue weighted by Crippen LogP contribution is 2.58. The average Bonchev–Trinajstić information content (AvgIpc) is 1.56. The second kappa shape index (κ2) is 43.2. The SMILES string of the molecule is Brc1ccc2c(c1)c1cc(Br)ccc1n2CCCCCCn1c(-c2ccccn2)nc2ccccc21.CCCCCCC1(CCCCCC)c2cc(B3OC(C)(C)C(C)(C)O3)ccc2-c2ccc(B3OC(C)(C)C(C)(C)O3)cc21.CCCCCCC1(CCCCCC)c2cc(C)ccc2-c2ccc(-c3ccc4c(c3)c3cc(C)ccc3n4CCCCCN3C4=CC=CCC4N=C3c3ccccn3)cc21. The molecule has 139 heavy (non-hydrogen) atoms. The zero-order chi connectivity index (χ0) is 96.8. The summed E-state index contributed by atoms with van der Waals surface area (Å²) in [5.74, 6) is 1.98. The summed E-state index contributed by atoms with van der Waals surface area (Å²) in [4.78, 5) is 21.7. The summed E-state index contributed by atoms with van der Waals surface area (Å²) in [7, 11) is -0.727. The number of fused-ring (bicyclic) bond motifs is 14. The van der Waals surface area contributed by atoms with E-state index >= 15 is 0 Å². The van der Waals surface area contributed by atoms with Gasteiger partial charge >= 0.3 is 14.2 Å². The first-order valence-electron chi connectivity index (χ1n) is 53.0. The van der Waals surface area contributed by atoms with Crippen LogP contribution in [0.4, 0.5) is 0 Å². The minimum Gasteiger partial charge on any atom is -0.399 e. The van der Waals surface area contributed by atoms with E-state index in [1.807, 2.05) is 42.7 Å². The first-order valence-corrected chi connectivity index (χ1v) is 54.6. The lowest BCUT2D eigenvalue weighted by Crippen LogP contribution is -2.41. The van der Waals surface area contributed by atoms with Crippen molar-refractivity contribution in [2.24, 2.45) is 4.99 Å². The van der Waals surface area contributed by atoms with Crippen molar-refractivity contribution in [3.05, 3.63) is 291 Å². The van der Waals surface area contributed by atoms with Gasteiger partial charge in [0, 0.05) is 108 Å². The fourth-order valence-electron chi connectivity index (χ4n) is 23.1. The van der Waals surface area contributed by atoms with Gasteiger partial charge in [0.05, 0.1) is 39.5 Å². The van der Waals surface area contributed by atoms with Gasteiger partial charge in [-0.15, -0.1) is 0 Å². The Labute approximate surface area is 846 Å². The Morgan fingerprint density at radius 3 is 1.29 bits per heavy atom. The fourth-order valence-corrected chi connectivity index (χ4v) is 23.8. The van der Waals surface area contributed by atoms with Crippen LogP contribution in [-0.2, 0) is 49.1 Å². The molecule has 16 heteroatoms. The Hall–Kier alpha value is -9.77. The number of hydrogen-bond acceptors (Lipinski definition) is 9. The van der Waals surface area contributed by atoms with E-state index in [2.05, 4.69) is 352 Å². The maximum absolute atomic E-state index is 6.55. The number of halogens is 2. The van der Waals surface area contributed by atoms with E-state index in [0.717, 1.165) is 126 Å². The van der Waals surface area contributed by atoms with E-state index in [4.69, 9.17) is 28.6 Å². The third-order valence-corrected chi connectivity index (χ3v) is 33.1. The smallest absolute Gasteiger partial charge is 0.399 e. The molecule has 2 saturated heterocycles. The van der Waals surface area contributed by atoms with Crippen LogP contribution in [-0.4, -0.2) is 88.6 Å². The van der Waals surface area contributed by atoms with Crippen LogP contribution in [0.15, 0.2) is 257 Å². The van der Waals surface area contributed by atoms with Gasteiger partial charge in [0.2, 0.25) is 0 Å². The highest BCUT2D eigenvalue weighted by Gasteiger charge is 2.55. The molecule has 0 amide bonds. The molecule has 722 valence electrons. The number of rotatable bonds is 38. The Bertz CT molecular complexity index is 6600. The maximum Gasteiger partial charge on any atom is 0.494 e. The summed E-state index contributed by atoms with van der Waals surface area (Å²) in [5.41, 5.74) is 28.6. The molecule has 8 heterocycles. The van der Waals surface area contributed by atoms with E-state index < -0.39 is 0 Å². The van der Waals surface area contributed by atoms with Gasteiger partial charge in [-0.1, -0.05) is 302 Å². The molecule has 0 bridgehead atoms. The van der Waals surface area contributed by atoms with Crippen molar-refractivity contribution >= 4 is 118 Å². The lowest BCUT2D eigenvalue weighted by atomic mass is 9.67. The van der Waals surface area contributed by atoms with Crippen molar-refractivity contribution < 1.29 is 18.6 Å². The molecule has 5 aromatic heterocycles. The first kappa shape index (κ1) is 99.4. The number of imidazole rings is 1. The third-order valence-electron chi connectivity index (χ3n) is 32.1. The summed E-state index contributed by atoms with van der Waals surface area (Å²) in [5, 5.41) is 5.34. The van der Waals surface area contributed by atoms with Gasteiger partial charge in [-0.25, -0.2) is 4.98 Å². The van der Waals surface area contributed by atoms with Gasteiger partial charge in [0.15, 0.2) is 11.7 Å². The Balaban J connectivity index is 0.000000144. The number of aryl methyl sites for hydroxylation is 5. The highest BCUT2D eigenvalue weighted by atomic mass is 79.9. The molecule has 12 nitrogen and oxygen atoms in total. The molecule has 0 N–H and O–H groups in total. The Morgan fingerprint density at radius 1 is 0.367 bits per heavy atom. The number of nitrogens with zero attached hydrogens (tertiary/aromatic N) is 8. The van der Waals surface area contributed by atoms with Crippen LogP contribution in [0.5, 0.6) is 0 Å². The zero-order valence-corrected chi connectivity index (χ0v) is 88.5. The Morgan fingerprint density at radius 2 is 0.770 bits per heavy atom. The fraction of sp³-hybridized carbons (Fsp3) is 0.431. The van der Waals surface area contributed by atoms with Gasteiger partial charge in [0.1, 0.15) is 11.4 Å². The first-order chi connectivity index (χ1) is 67.3. The minimum atomic E-state index is -0.366. The monoisotopic (exact) mass is 1980 g/mol. The third kappa shape index (κ3) is 20.6. The number of allylic oxidation sites excluding steroid dienone is 2. The summed E-state index contributed by atoms with van der Waals surface area (Å²) in [6, 6.07) is 77.1. The molecule has 0 saturated carbocycles. The van der Waals surface area contributed by atoms with Gasteiger partial charge in [-0.2, -0.15) is 0 Å². The molecule has 9 aromatic carbocycles. The minimum absolute atomic E-state index is 0.0501. The zero-order valence-electron chi connectivity index (χ0n) is 85.3. The lowest BCUT2D eigenvalue weighted by molar-refractivity contribution is 0.00578. The molecule has 20 rings (SSSR count). The molecule has 2 fully saturated rings. The number of hydrogen-bond donors (Lipinski definition) is 0. The molecule has 3 aliphatic carbocycles. The number of unbranched alkanes of at least 4 members (excludes halogenated alkanes) is 17. The van der Waals surface area contributed by atoms with E-state index in [-0.39, 0.29) is 53.5 Å². The lowest BCUT2D eigenvalue weighted by Gasteiger charge is -2.33. The summed E-state index contributed by atoms with van der Waals surface area (Å²) >= 11 is 7.29. The Kier molecular flexibility index (Phi) is 30.9. The normalized spacial score (nSPS) is 16.9. The molecule has 3 aliphatic heterocycles. The number of pyridine rings is 2. The number of para-hydroxylation sites is 2. The van der Waals surface area contributed by atoms with Crippen molar-refractivity contribution in [1.82, 2.24) is 33.6 Å². The van der Waals surface area contributed by atoms with Crippen molar-refractivity contribution in [2.45, 2.75) is 336 Å². The number of aromatic nitrogens is 6. The largest absolute Gasteiger partial charge is 0.494 e. The number of benzene rings is 9. The molecule has 1 atom stereocenters. The summed E-state index contributed by atoms with van der Waals surface area (Å²) in [6.45, 7) is 34.8. The molecule has 1 unspecified atom stereocenters. The predicted octanol–water partition coefficient (Wildman–Crippen LogP) is 32.3. The number of amidine groups is 1. The molecule has 0 radical (unpaired) electrons. The molecule has 14 aromatic rings. The van der Waals surface area contributed by atoms with E-state index in [1.165, 1.54) is 239 Å². The van der Waals surface area contributed by atoms with Crippen LogP contribution in [0, 0.1) is 13.8 Å². The quantitative estimate of drug-likeness (QED) is 0.0278. The summed E-state index contributed by atoms with van der Waals surface area (Å²) < 4.78 is 35.8. The van der Waals surface area contributed by atoms with Gasteiger partial charge in [-0.05, 0) is 309 Å². The molecular formula is C123H146B2Br2N8O4. The van der Waals surface area contributed by atoms with Crippen LogP contribution in [0.1, 0.15) is 302 Å².